The molecular formula is C15H15FN2O3. The Kier molecular flexibility index (Phi) is 4.07. The SMILES string of the molecule is COc1cc(=O)n(C)cc1C(=O)Nc1ccc(C)c(F)c1. The van der Waals surface area contributed by atoms with Gasteiger partial charge >= 0.3 is 0 Å². The van der Waals surface area contributed by atoms with E-state index in [1.165, 1.54) is 37.1 Å². The van der Waals surface area contributed by atoms with E-state index in [0.717, 1.165) is 0 Å². The highest BCUT2D eigenvalue weighted by atomic mass is 19.1. The number of nitrogens with zero attached hydrogens (tertiary/aromatic N) is 1. The second kappa shape index (κ2) is 5.78. The van der Waals surface area contributed by atoms with Crippen LogP contribution in [0.4, 0.5) is 10.1 Å². The van der Waals surface area contributed by atoms with Gasteiger partial charge in [0, 0.05) is 25.0 Å². The number of rotatable bonds is 3. The van der Waals surface area contributed by atoms with Crippen molar-refractivity contribution in [3.8, 4) is 5.75 Å². The average molecular weight is 290 g/mol. The minimum absolute atomic E-state index is 0.170. The highest BCUT2D eigenvalue weighted by molar-refractivity contribution is 6.06. The third-order valence-electron chi connectivity index (χ3n) is 3.08. The molecule has 0 atom stereocenters. The van der Waals surface area contributed by atoms with Gasteiger partial charge in [0.2, 0.25) is 0 Å². The first-order valence-electron chi connectivity index (χ1n) is 6.24. The average Bonchev–Trinajstić information content (AvgIpc) is 2.45. The van der Waals surface area contributed by atoms with Crippen LogP contribution in [-0.4, -0.2) is 17.6 Å². The van der Waals surface area contributed by atoms with Crippen LogP contribution in [0.15, 0.2) is 35.3 Å². The van der Waals surface area contributed by atoms with Crippen LogP contribution >= 0.6 is 0 Å². The molecule has 0 aliphatic carbocycles. The van der Waals surface area contributed by atoms with Crippen molar-refractivity contribution in [3.63, 3.8) is 0 Å². The van der Waals surface area contributed by atoms with Gasteiger partial charge in [0.1, 0.15) is 11.6 Å². The summed E-state index contributed by atoms with van der Waals surface area (Å²) < 4.78 is 19.8. The van der Waals surface area contributed by atoms with Crippen molar-refractivity contribution in [2.24, 2.45) is 7.05 Å². The maximum atomic E-state index is 13.5. The molecule has 0 saturated carbocycles. The number of aryl methyl sites for hydroxylation is 2. The molecule has 1 aromatic carbocycles. The predicted octanol–water partition coefficient (Wildman–Crippen LogP) is 2.09. The van der Waals surface area contributed by atoms with Gasteiger partial charge in [-0.15, -0.1) is 0 Å². The number of carbonyl (C=O) groups excluding carboxylic acids is 1. The van der Waals surface area contributed by atoms with Crippen LogP contribution in [-0.2, 0) is 7.05 Å². The Morgan fingerprint density at radius 1 is 1.33 bits per heavy atom. The van der Waals surface area contributed by atoms with Gasteiger partial charge in [-0.05, 0) is 24.6 Å². The number of aromatic nitrogens is 1. The third-order valence-corrected chi connectivity index (χ3v) is 3.08. The van der Waals surface area contributed by atoms with Gasteiger partial charge in [-0.25, -0.2) is 4.39 Å². The second-order valence-electron chi connectivity index (χ2n) is 4.62. The standard InChI is InChI=1S/C15H15FN2O3/c1-9-4-5-10(6-12(9)16)17-15(20)11-8-18(2)14(19)7-13(11)21-3/h4-8H,1-3H3,(H,17,20). The van der Waals surface area contributed by atoms with Gasteiger partial charge in [-0.3, -0.25) is 9.59 Å². The maximum Gasteiger partial charge on any atom is 0.260 e. The van der Waals surface area contributed by atoms with Crippen LogP contribution in [0.3, 0.4) is 0 Å². The topological polar surface area (TPSA) is 60.3 Å². The minimum atomic E-state index is -0.481. The van der Waals surface area contributed by atoms with Crippen molar-refractivity contribution < 1.29 is 13.9 Å². The lowest BCUT2D eigenvalue weighted by atomic mass is 10.2. The Morgan fingerprint density at radius 3 is 2.67 bits per heavy atom. The number of hydrogen-bond donors (Lipinski definition) is 1. The van der Waals surface area contributed by atoms with E-state index in [-0.39, 0.29) is 16.9 Å². The summed E-state index contributed by atoms with van der Waals surface area (Å²) in [6.45, 7) is 1.64. The van der Waals surface area contributed by atoms with E-state index in [4.69, 9.17) is 4.74 Å². The van der Waals surface area contributed by atoms with Crippen LogP contribution < -0.4 is 15.6 Å². The van der Waals surface area contributed by atoms with Crippen molar-refractivity contribution in [3.05, 3.63) is 57.8 Å². The Bertz CT molecular complexity index is 753. The van der Waals surface area contributed by atoms with Gasteiger partial charge in [0.25, 0.3) is 11.5 Å². The van der Waals surface area contributed by atoms with Gasteiger partial charge in [-0.1, -0.05) is 6.07 Å². The van der Waals surface area contributed by atoms with Crippen LogP contribution in [0.5, 0.6) is 5.75 Å². The summed E-state index contributed by atoms with van der Waals surface area (Å²) in [7, 11) is 2.90. The fourth-order valence-electron chi connectivity index (χ4n) is 1.82. The fourth-order valence-corrected chi connectivity index (χ4v) is 1.82. The zero-order chi connectivity index (χ0) is 15.6. The fraction of sp³-hybridized carbons (Fsp3) is 0.200. The number of amides is 1. The van der Waals surface area contributed by atoms with E-state index < -0.39 is 11.7 Å². The molecule has 0 aliphatic heterocycles. The van der Waals surface area contributed by atoms with Gasteiger partial charge in [0.05, 0.1) is 12.7 Å². The first-order chi connectivity index (χ1) is 9.92. The first-order valence-corrected chi connectivity index (χ1v) is 6.24. The summed E-state index contributed by atoms with van der Waals surface area (Å²) in [5.41, 5.74) is 0.733. The summed E-state index contributed by atoms with van der Waals surface area (Å²) in [6.07, 6.45) is 1.38. The molecule has 0 spiro atoms. The lowest BCUT2D eigenvalue weighted by Gasteiger charge is -2.11. The Morgan fingerprint density at radius 2 is 2.05 bits per heavy atom. The molecular weight excluding hydrogens is 275 g/mol. The molecule has 1 aromatic heterocycles. The van der Waals surface area contributed by atoms with Crippen molar-refractivity contribution in [1.29, 1.82) is 0 Å². The smallest absolute Gasteiger partial charge is 0.260 e. The zero-order valence-corrected chi connectivity index (χ0v) is 11.9. The highest BCUT2D eigenvalue weighted by Crippen LogP contribution is 2.18. The number of ether oxygens (including phenoxy) is 1. The third kappa shape index (κ3) is 3.10. The molecule has 0 unspecified atom stereocenters. The van der Waals surface area contributed by atoms with Gasteiger partial charge in [0.15, 0.2) is 0 Å². The summed E-state index contributed by atoms with van der Waals surface area (Å²) >= 11 is 0. The molecule has 0 aliphatic rings. The largest absolute Gasteiger partial charge is 0.496 e. The molecule has 2 rings (SSSR count). The molecule has 0 radical (unpaired) electrons. The number of anilines is 1. The molecule has 0 bridgehead atoms. The number of benzene rings is 1. The molecule has 21 heavy (non-hydrogen) atoms. The number of halogens is 1. The van der Waals surface area contributed by atoms with Crippen LogP contribution in [0.2, 0.25) is 0 Å². The minimum Gasteiger partial charge on any atom is -0.496 e. The Balaban J connectivity index is 2.34. The normalized spacial score (nSPS) is 10.3. The number of hydrogen-bond acceptors (Lipinski definition) is 3. The van der Waals surface area contributed by atoms with E-state index in [2.05, 4.69) is 5.32 Å². The zero-order valence-electron chi connectivity index (χ0n) is 11.9. The van der Waals surface area contributed by atoms with Crippen LogP contribution in [0.25, 0.3) is 0 Å². The number of nitrogens with one attached hydrogen (secondary N) is 1. The lowest BCUT2D eigenvalue weighted by molar-refractivity contribution is 0.102. The number of carbonyl (C=O) groups is 1. The quantitative estimate of drug-likeness (QED) is 0.941. The second-order valence-corrected chi connectivity index (χ2v) is 4.62. The lowest BCUT2D eigenvalue weighted by Crippen LogP contribution is -2.21. The molecule has 1 amide bonds. The van der Waals surface area contributed by atoms with E-state index in [9.17, 15) is 14.0 Å². The highest BCUT2D eigenvalue weighted by Gasteiger charge is 2.15. The molecule has 1 N–H and O–H groups in total. The summed E-state index contributed by atoms with van der Waals surface area (Å²) in [4.78, 5) is 23.7. The van der Waals surface area contributed by atoms with Crippen LogP contribution in [0.1, 0.15) is 15.9 Å². The summed E-state index contributed by atoms with van der Waals surface area (Å²) in [6, 6.07) is 5.64. The molecule has 110 valence electrons. The number of methoxy groups -OCH3 is 1. The van der Waals surface area contributed by atoms with E-state index in [1.54, 1.807) is 19.1 Å². The van der Waals surface area contributed by atoms with E-state index in [0.29, 0.717) is 11.3 Å². The summed E-state index contributed by atoms with van der Waals surface area (Å²) in [5.74, 6) is -0.714. The van der Waals surface area contributed by atoms with Crippen molar-refractivity contribution in [1.82, 2.24) is 4.57 Å². The van der Waals surface area contributed by atoms with Crippen molar-refractivity contribution >= 4 is 11.6 Å². The molecule has 0 saturated heterocycles. The van der Waals surface area contributed by atoms with Crippen molar-refractivity contribution in [2.45, 2.75) is 6.92 Å². The molecule has 6 heteroatoms. The molecule has 1 heterocycles. The molecule has 0 fully saturated rings. The Hall–Kier alpha value is -2.63. The molecule has 2 aromatic rings. The first kappa shape index (κ1) is 14.8. The van der Waals surface area contributed by atoms with Crippen molar-refractivity contribution in [2.75, 3.05) is 12.4 Å². The van der Waals surface area contributed by atoms with Gasteiger partial charge < -0.3 is 14.6 Å². The van der Waals surface area contributed by atoms with E-state index >= 15 is 0 Å². The van der Waals surface area contributed by atoms with Gasteiger partial charge in [-0.2, -0.15) is 0 Å². The maximum absolute atomic E-state index is 13.5. The Labute approximate surface area is 121 Å². The molecule has 5 nitrogen and oxygen atoms in total. The predicted molar refractivity (Wildman–Crippen MR) is 77.3 cm³/mol. The number of pyridine rings is 1. The van der Waals surface area contributed by atoms with Crippen LogP contribution in [0, 0.1) is 12.7 Å². The summed E-state index contributed by atoms with van der Waals surface area (Å²) in [5, 5.41) is 2.57. The monoisotopic (exact) mass is 290 g/mol. The van der Waals surface area contributed by atoms with E-state index in [1.807, 2.05) is 0 Å².